The second-order valence-corrected chi connectivity index (χ2v) is 3.98. The van der Waals surface area contributed by atoms with Crippen molar-refractivity contribution >= 4 is 12.0 Å². The van der Waals surface area contributed by atoms with Crippen LogP contribution in [0.4, 0.5) is 4.79 Å². The fourth-order valence-corrected chi connectivity index (χ4v) is 1.48. The zero-order valence-electron chi connectivity index (χ0n) is 9.16. The summed E-state index contributed by atoms with van der Waals surface area (Å²) in [7, 11) is 0. The van der Waals surface area contributed by atoms with Crippen LogP contribution < -0.4 is 16.4 Å². The van der Waals surface area contributed by atoms with Crippen LogP contribution >= 0.6 is 0 Å². The Morgan fingerprint density at radius 3 is 2.88 bits per heavy atom. The van der Waals surface area contributed by atoms with Gasteiger partial charge in [0.1, 0.15) is 5.41 Å². The van der Waals surface area contributed by atoms with Crippen LogP contribution in [0.1, 0.15) is 6.92 Å². The predicted octanol–water partition coefficient (Wildman–Crippen LogP) is -1.27. The van der Waals surface area contributed by atoms with Gasteiger partial charge in [0.15, 0.2) is 0 Å². The standard InChI is InChI=1S/C9H17N3O4/c1-9(7(13)14)5-16-4-6(9)12-8(15)11-3-2-10/h6H,2-5,10H2,1H3,(H,13,14)(H2,11,12,15). The molecular weight excluding hydrogens is 214 g/mol. The number of rotatable bonds is 4. The number of hydrogen-bond donors (Lipinski definition) is 4. The smallest absolute Gasteiger partial charge is 0.315 e. The molecule has 0 aromatic rings. The molecule has 1 aliphatic rings. The van der Waals surface area contributed by atoms with E-state index in [1.54, 1.807) is 6.92 Å². The number of ether oxygens (including phenoxy) is 1. The summed E-state index contributed by atoms with van der Waals surface area (Å²) in [4.78, 5) is 22.4. The molecule has 92 valence electrons. The molecule has 2 amide bonds. The lowest BCUT2D eigenvalue weighted by Gasteiger charge is -2.25. The number of nitrogens with one attached hydrogen (secondary N) is 2. The van der Waals surface area contributed by atoms with Gasteiger partial charge < -0.3 is 26.2 Å². The topological polar surface area (TPSA) is 114 Å². The average Bonchev–Trinajstić information content (AvgIpc) is 2.59. The van der Waals surface area contributed by atoms with Crippen molar-refractivity contribution in [1.82, 2.24) is 10.6 Å². The van der Waals surface area contributed by atoms with Crippen LogP contribution in [0.5, 0.6) is 0 Å². The van der Waals surface area contributed by atoms with E-state index >= 15 is 0 Å². The normalized spacial score (nSPS) is 28.8. The lowest BCUT2D eigenvalue weighted by molar-refractivity contribution is -0.148. The number of carbonyl (C=O) groups excluding carboxylic acids is 1. The molecule has 0 aromatic heterocycles. The average molecular weight is 231 g/mol. The van der Waals surface area contributed by atoms with Gasteiger partial charge in [-0.2, -0.15) is 0 Å². The number of nitrogens with two attached hydrogens (primary N) is 1. The Kier molecular flexibility index (Phi) is 4.08. The van der Waals surface area contributed by atoms with E-state index in [9.17, 15) is 9.59 Å². The van der Waals surface area contributed by atoms with E-state index in [1.165, 1.54) is 0 Å². The van der Waals surface area contributed by atoms with E-state index in [1.807, 2.05) is 0 Å². The molecule has 7 nitrogen and oxygen atoms in total. The van der Waals surface area contributed by atoms with Crippen molar-refractivity contribution < 1.29 is 19.4 Å². The number of carbonyl (C=O) groups is 2. The van der Waals surface area contributed by atoms with E-state index in [2.05, 4.69) is 10.6 Å². The molecule has 0 bridgehead atoms. The molecule has 2 unspecified atom stereocenters. The molecule has 0 spiro atoms. The predicted molar refractivity (Wildman–Crippen MR) is 55.9 cm³/mol. The van der Waals surface area contributed by atoms with Crippen molar-refractivity contribution in [3.63, 3.8) is 0 Å². The van der Waals surface area contributed by atoms with Crippen molar-refractivity contribution in [2.45, 2.75) is 13.0 Å². The first-order valence-corrected chi connectivity index (χ1v) is 5.06. The van der Waals surface area contributed by atoms with Crippen LogP contribution in [0.15, 0.2) is 0 Å². The first-order valence-electron chi connectivity index (χ1n) is 5.06. The molecule has 16 heavy (non-hydrogen) atoms. The molecule has 5 N–H and O–H groups in total. The summed E-state index contributed by atoms with van der Waals surface area (Å²) >= 11 is 0. The number of carboxylic acid groups (broad SMARTS) is 1. The summed E-state index contributed by atoms with van der Waals surface area (Å²) in [5, 5.41) is 14.1. The molecule has 0 aromatic carbocycles. The number of carboxylic acids is 1. The van der Waals surface area contributed by atoms with Gasteiger partial charge in [-0.1, -0.05) is 0 Å². The van der Waals surface area contributed by atoms with Gasteiger partial charge in [0.2, 0.25) is 0 Å². The summed E-state index contributed by atoms with van der Waals surface area (Å²) in [6.07, 6.45) is 0. The van der Waals surface area contributed by atoms with Crippen molar-refractivity contribution in [3.05, 3.63) is 0 Å². The highest BCUT2D eigenvalue weighted by atomic mass is 16.5. The molecule has 2 atom stereocenters. The SMILES string of the molecule is CC1(C(=O)O)COCC1NC(=O)NCCN. The summed E-state index contributed by atoms with van der Waals surface area (Å²) in [6, 6.07) is -0.948. The third-order valence-electron chi connectivity index (χ3n) is 2.68. The minimum atomic E-state index is -1.07. The maximum Gasteiger partial charge on any atom is 0.315 e. The second-order valence-electron chi connectivity index (χ2n) is 3.98. The van der Waals surface area contributed by atoms with Gasteiger partial charge in [0.25, 0.3) is 0 Å². The lowest BCUT2D eigenvalue weighted by Crippen LogP contribution is -2.52. The highest BCUT2D eigenvalue weighted by Gasteiger charge is 2.47. The molecule has 0 saturated carbocycles. The van der Waals surface area contributed by atoms with E-state index in [0.29, 0.717) is 13.1 Å². The third kappa shape index (κ3) is 2.61. The van der Waals surface area contributed by atoms with Gasteiger partial charge in [-0.05, 0) is 6.92 Å². The molecule has 1 aliphatic heterocycles. The zero-order valence-corrected chi connectivity index (χ0v) is 9.16. The Balaban J connectivity index is 2.53. The molecule has 1 rings (SSSR count). The highest BCUT2D eigenvalue weighted by Crippen LogP contribution is 2.28. The Morgan fingerprint density at radius 2 is 2.31 bits per heavy atom. The van der Waals surface area contributed by atoms with Gasteiger partial charge in [-0.25, -0.2) is 4.79 Å². The van der Waals surface area contributed by atoms with Gasteiger partial charge in [0, 0.05) is 13.1 Å². The number of amides is 2. The number of hydrogen-bond acceptors (Lipinski definition) is 4. The van der Waals surface area contributed by atoms with Crippen molar-refractivity contribution in [2.75, 3.05) is 26.3 Å². The van der Waals surface area contributed by atoms with Gasteiger partial charge in [-0.15, -0.1) is 0 Å². The first kappa shape index (κ1) is 12.7. The third-order valence-corrected chi connectivity index (χ3v) is 2.68. The van der Waals surface area contributed by atoms with E-state index < -0.39 is 23.5 Å². The molecule has 1 heterocycles. The summed E-state index contributed by atoms with van der Waals surface area (Å²) in [6.45, 7) is 2.55. The van der Waals surface area contributed by atoms with Gasteiger partial charge in [0.05, 0.1) is 19.3 Å². The number of aliphatic carboxylic acids is 1. The summed E-state index contributed by atoms with van der Waals surface area (Å²) in [5.41, 5.74) is 4.16. The summed E-state index contributed by atoms with van der Waals surface area (Å²) < 4.78 is 5.09. The largest absolute Gasteiger partial charge is 0.481 e. The maximum absolute atomic E-state index is 11.3. The molecule has 7 heteroatoms. The Labute approximate surface area is 93.3 Å². The van der Waals surface area contributed by atoms with E-state index in [4.69, 9.17) is 15.6 Å². The van der Waals surface area contributed by atoms with Crippen LogP contribution in [0.3, 0.4) is 0 Å². The van der Waals surface area contributed by atoms with Gasteiger partial charge >= 0.3 is 12.0 Å². The van der Waals surface area contributed by atoms with Crippen LogP contribution in [0.25, 0.3) is 0 Å². The molecule has 0 radical (unpaired) electrons. The van der Waals surface area contributed by atoms with Crippen molar-refractivity contribution in [2.24, 2.45) is 11.1 Å². The Morgan fingerprint density at radius 1 is 1.62 bits per heavy atom. The first-order chi connectivity index (χ1) is 7.50. The Hall–Kier alpha value is -1.34. The van der Waals surface area contributed by atoms with Crippen LogP contribution in [-0.2, 0) is 9.53 Å². The van der Waals surface area contributed by atoms with Crippen LogP contribution in [0.2, 0.25) is 0 Å². The maximum atomic E-state index is 11.3. The van der Waals surface area contributed by atoms with Crippen molar-refractivity contribution in [3.8, 4) is 0 Å². The highest BCUT2D eigenvalue weighted by molar-refractivity contribution is 5.79. The van der Waals surface area contributed by atoms with E-state index in [-0.39, 0.29) is 13.2 Å². The minimum absolute atomic E-state index is 0.101. The monoisotopic (exact) mass is 231 g/mol. The fourth-order valence-electron chi connectivity index (χ4n) is 1.48. The van der Waals surface area contributed by atoms with Gasteiger partial charge in [-0.3, -0.25) is 4.79 Å². The quantitative estimate of drug-likeness (QED) is 0.482. The molecule has 1 saturated heterocycles. The summed E-state index contributed by atoms with van der Waals surface area (Å²) in [5.74, 6) is -0.978. The van der Waals surface area contributed by atoms with Crippen LogP contribution in [0, 0.1) is 5.41 Å². The molecule has 1 fully saturated rings. The van der Waals surface area contributed by atoms with Crippen LogP contribution in [-0.4, -0.2) is 49.5 Å². The Bertz CT molecular complexity index is 284. The number of urea groups is 1. The minimum Gasteiger partial charge on any atom is -0.481 e. The van der Waals surface area contributed by atoms with E-state index in [0.717, 1.165) is 0 Å². The second kappa shape index (κ2) is 5.13. The fraction of sp³-hybridized carbons (Fsp3) is 0.778. The molecular formula is C9H17N3O4. The molecule has 0 aliphatic carbocycles. The van der Waals surface area contributed by atoms with Crippen molar-refractivity contribution in [1.29, 1.82) is 0 Å². The zero-order chi connectivity index (χ0) is 12.2. The lowest BCUT2D eigenvalue weighted by atomic mass is 9.85.